The van der Waals surface area contributed by atoms with Crippen molar-refractivity contribution in [2.45, 2.75) is 26.4 Å². The van der Waals surface area contributed by atoms with Crippen molar-refractivity contribution >= 4 is 16.5 Å². The molecule has 0 aliphatic heterocycles. The number of ether oxygens (including phenoxy) is 1. The Labute approximate surface area is 102 Å². The second-order valence-electron chi connectivity index (χ2n) is 4.06. The monoisotopic (exact) mass is 243 g/mol. The molecule has 0 atom stereocenters. The maximum atomic E-state index is 5.04. The summed E-state index contributed by atoms with van der Waals surface area (Å²) in [5.74, 6) is 0. The van der Waals surface area contributed by atoms with E-state index in [4.69, 9.17) is 4.74 Å². The van der Waals surface area contributed by atoms with Crippen molar-refractivity contribution in [2.24, 2.45) is 0 Å². The molecule has 4 nitrogen and oxygen atoms in total. The summed E-state index contributed by atoms with van der Waals surface area (Å²) < 4.78 is 5.04. The standard InChI is InChI=1S/C11H21N3OS/c1-9(2)12-7-10-8-13-11(16-10)14(3)5-6-15-4/h8-9,12H,5-7H2,1-4H3. The van der Waals surface area contributed by atoms with Crippen LogP contribution in [-0.2, 0) is 11.3 Å². The number of nitrogens with one attached hydrogen (secondary N) is 1. The molecule has 1 rings (SSSR count). The molecule has 0 bridgehead atoms. The second kappa shape index (κ2) is 6.83. The molecule has 0 radical (unpaired) electrons. The van der Waals surface area contributed by atoms with Gasteiger partial charge in [0, 0.05) is 44.4 Å². The van der Waals surface area contributed by atoms with Crippen molar-refractivity contribution in [3.8, 4) is 0 Å². The van der Waals surface area contributed by atoms with Crippen molar-refractivity contribution < 1.29 is 4.74 Å². The fourth-order valence-corrected chi connectivity index (χ4v) is 2.03. The van der Waals surface area contributed by atoms with Crippen molar-refractivity contribution in [2.75, 3.05) is 32.2 Å². The summed E-state index contributed by atoms with van der Waals surface area (Å²) in [7, 11) is 3.76. The second-order valence-corrected chi connectivity index (χ2v) is 5.15. The summed E-state index contributed by atoms with van der Waals surface area (Å²) >= 11 is 1.73. The van der Waals surface area contributed by atoms with Gasteiger partial charge in [-0.05, 0) is 0 Å². The number of methoxy groups -OCH3 is 1. The predicted octanol–water partition coefficient (Wildman–Crippen LogP) is 1.72. The van der Waals surface area contributed by atoms with Gasteiger partial charge in [0.1, 0.15) is 0 Å². The number of hydrogen-bond acceptors (Lipinski definition) is 5. The Bertz CT molecular complexity index is 301. The van der Waals surface area contributed by atoms with E-state index in [0.717, 1.165) is 24.8 Å². The summed E-state index contributed by atoms with van der Waals surface area (Å²) in [6, 6.07) is 0.511. The molecule has 5 heteroatoms. The average molecular weight is 243 g/mol. The Balaban J connectivity index is 2.43. The molecule has 0 aliphatic rings. The highest BCUT2D eigenvalue weighted by Crippen LogP contribution is 2.21. The Kier molecular flexibility index (Phi) is 5.73. The minimum atomic E-state index is 0.511. The third-order valence-electron chi connectivity index (χ3n) is 2.18. The molecule has 1 aromatic heterocycles. The first-order chi connectivity index (χ1) is 7.63. The molecule has 0 spiro atoms. The average Bonchev–Trinajstić information content (AvgIpc) is 2.71. The van der Waals surface area contributed by atoms with Crippen LogP contribution in [0, 0.1) is 0 Å². The summed E-state index contributed by atoms with van der Waals surface area (Å²) in [6.07, 6.45) is 1.94. The Hall–Kier alpha value is -0.650. The summed E-state index contributed by atoms with van der Waals surface area (Å²) in [5.41, 5.74) is 0. The van der Waals surface area contributed by atoms with E-state index in [1.807, 2.05) is 13.2 Å². The van der Waals surface area contributed by atoms with Crippen molar-refractivity contribution in [3.05, 3.63) is 11.1 Å². The quantitative estimate of drug-likeness (QED) is 0.791. The van der Waals surface area contributed by atoms with E-state index >= 15 is 0 Å². The minimum absolute atomic E-state index is 0.511. The highest BCUT2D eigenvalue weighted by atomic mass is 32.1. The van der Waals surface area contributed by atoms with Gasteiger partial charge in [0.25, 0.3) is 0 Å². The molecule has 1 heterocycles. The highest BCUT2D eigenvalue weighted by molar-refractivity contribution is 7.15. The molecule has 0 fully saturated rings. The lowest BCUT2D eigenvalue weighted by atomic mass is 10.4. The molecule has 0 saturated heterocycles. The van der Waals surface area contributed by atoms with E-state index in [0.29, 0.717) is 6.04 Å². The number of nitrogens with zero attached hydrogens (tertiary/aromatic N) is 2. The number of hydrogen-bond donors (Lipinski definition) is 1. The number of thiazole rings is 1. The van der Waals surface area contributed by atoms with E-state index in [1.165, 1.54) is 4.88 Å². The highest BCUT2D eigenvalue weighted by Gasteiger charge is 2.06. The van der Waals surface area contributed by atoms with Gasteiger partial charge in [0.2, 0.25) is 0 Å². The fraction of sp³-hybridized carbons (Fsp3) is 0.727. The first-order valence-electron chi connectivity index (χ1n) is 5.51. The zero-order valence-corrected chi connectivity index (χ0v) is 11.3. The Morgan fingerprint density at radius 1 is 1.56 bits per heavy atom. The van der Waals surface area contributed by atoms with Crippen molar-refractivity contribution in [1.29, 1.82) is 0 Å². The van der Waals surface area contributed by atoms with Gasteiger partial charge in [-0.2, -0.15) is 0 Å². The molecule has 0 aromatic carbocycles. The molecular formula is C11H21N3OS. The SMILES string of the molecule is COCCN(C)c1ncc(CNC(C)C)s1. The molecule has 1 aromatic rings. The van der Waals surface area contributed by atoms with E-state index in [9.17, 15) is 0 Å². The first-order valence-corrected chi connectivity index (χ1v) is 6.33. The van der Waals surface area contributed by atoms with Gasteiger partial charge in [-0.1, -0.05) is 13.8 Å². The van der Waals surface area contributed by atoms with Gasteiger partial charge in [0.15, 0.2) is 5.13 Å². The third kappa shape index (κ3) is 4.47. The normalized spacial score (nSPS) is 11.1. The summed E-state index contributed by atoms with van der Waals surface area (Å²) in [6.45, 7) is 6.80. The van der Waals surface area contributed by atoms with Gasteiger partial charge in [0.05, 0.1) is 6.61 Å². The number of rotatable bonds is 7. The van der Waals surface area contributed by atoms with Crippen molar-refractivity contribution in [1.82, 2.24) is 10.3 Å². The van der Waals surface area contributed by atoms with Crippen LogP contribution in [0.4, 0.5) is 5.13 Å². The molecule has 92 valence electrons. The largest absolute Gasteiger partial charge is 0.383 e. The summed E-state index contributed by atoms with van der Waals surface area (Å²) in [4.78, 5) is 7.79. The molecular weight excluding hydrogens is 222 g/mol. The maximum absolute atomic E-state index is 5.04. The third-order valence-corrected chi connectivity index (χ3v) is 3.29. The van der Waals surface area contributed by atoms with Crippen LogP contribution in [0.25, 0.3) is 0 Å². The number of aromatic nitrogens is 1. The van der Waals surface area contributed by atoms with Crippen LogP contribution in [0.1, 0.15) is 18.7 Å². The molecule has 0 amide bonds. The van der Waals surface area contributed by atoms with Crippen LogP contribution >= 0.6 is 11.3 Å². The van der Waals surface area contributed by atoms with Gasteiger partial charge in [-0.3, -0.25) is 0 Å². The zero-order valence-electron chi connectivity index (χ0n) is 10.5. The van der Waals surface area contributed by atoms with Crippen LogP contribution in [0.2, 0.25) is 0 Å². The minimum Gasteiger partial charge on any atom is -0.383 e. The smallest absolute Gasteiger partial charge is 0.185 e. The maximum Gasteiger partial charge on any atom is 0.185 e. The molecule has 0 aliphatic carbocycles. The molecule has 16 heavy (non-hydrogen) atoms. The van der Waals surface area contributed by atoms with Gasteiger partial charge in [-0.25, -0.2) is 4.98 Å². The lowest BCUT2D eigenvalue weighted by Gasteiger charge is -2.14. The van der Waals surface area contributed by atoms with Crippen LogP contribution in [0.15, 0.2) is 6.20 Å². The van der Waals surface area contributed by atoms with E-state index in [2.05, 4.69) is 29.0 Å². The van der Waals surface area contributed by atoms with E-state index in [1.54, 1.807) is 18.4 Å². The molecule has 0 unspecified atom stereocenters. The van der Waals surface area contributed by atoms with E-state index < -0.39 is 0 Å². The lowest BCUT2D eigenvalue weighted by molar-refractivity contribution is 0.206. The Morgan fingerprint density at radius 2 is 2.31 bits per heavy atom. The molecule has 1 N–H and O–H groups in total. The first kappa shape index (κ1) is 13.4. The lowest BCUT2D eigenvalue weighted by Crippen LogP contribution is -2.22. The van der Waals surface area contributed by atoms with Gasteiger partial charge in [-0.15, -0.1) is 11.3 Å². The van der Waals surface area contributed by atoms with Gasteiger partial charge < -0.3 is 15.0 Å². The topological polar surface area (TPSA) is 37.4 Å². The van der Waals surface area contributed by atoms with Crippen LogP contribution < -0.4 is 10.2 Å². The van der Waals surface area contributed by atoms with Crippen LogP contribution in [0.3, 0.4) is 0 Å². The van der Waals surface area contributed by atoms with Crippen LogP contribution in [-0.4, -0.2) is 38.3 Å². The summed E-state index contributed by atoms with van der Waals surface area (Å²) in [5, 5.41) is 4.44. The zero-order chi connectivity index (χ0) is 12.0. The van der Waals surface area contributed by atoms with Gasteiger partial charge >= 0.3 is 0 Å². The Morgan fingerprint density at radius 3 is 2.94 bits per heavy atom. The van der Waals surface area contributed by atoms with Crippen LogP contribution in [0.5, 0.6) is 0 Å². The number of anilines is 1. The fourth-order valence-electron chi connectivity index (χ4n) is 1.18. The predicted molar refractivity (Wildman–Crippen MR) is 69.2 cm³/mol. The number of likely N-dealkylation sites (N-methyl/N-ethyl adjacent to an activating group) is 1. The van der Waals surface area contributed by atoms with Crippen molar-refractivity contribution in [3.63, 3.8) is 0 Å². The van der Waals surface area contributed by atoms with E-state index in [-0.39, 0.29) is 0 Å². The molecule has 0 saturated carbocycles.